The molecule has 0 atom stereocenters. The Morgan fingerprint density at radius 3 is 2.57 bits per heavy atom. The summed E-state index contributed by atoms with van der Waals surface area (Å²) in [5.74, 6) is 0.296. The average molecular weight is 429 g/mol. The monoisotopic (exact) mass is 428 g/mol. The average Bonchev–Trinajstić information content (AvgIpc) is 3.32. The summed E-state index contributed by atoms with van der Waals surface area (Å²) in [4.78, 5) is 34.5. The number of imide groups is 1. The predicted octanol–water partition coefficient (Wildman–Crippen LogP) is 5.34. The lowest BCUT2D eigenvalue weighted by Crippen LogP contribution is -2.17. The van der Waals surface area contributed by atoms with E-state index in [2.05, 4.69) is 20.3 Å². The van der Waals surface area contributed by atoms with E-state index >= 15 is 0 Å². The molecule has 5 rings (SSSR count). The number of hydrogen-bond donors (Lipinski definition) is 3. The van der Waals surface area contributed by atoms with Crippen molar-refractivity contribution in [1.82, 2.24) is 20.3 Å². The van der Waals surface area contributed by atoms with Crippen LogP contribution >= 0.6 is 35.0 Å². The van der Waals surface area contributed by atoms with Crippen molar-refractivity contribution >= 4 is 74.1 Å². The lowest BCUT2D eigenvalue weighted by Gasteiger charge is -1.95. The van der Waals surface area contributed by atoms with Gasteiger partial charge < -0.3 is 9.97 Å². The summed E-state index contributed by atoms with van der Waals surface area (Å²) < 4.78 is 0. The fraction of sp³-hybridized carbons (Fsp3) is 0. The van der Waals surface area contributed by atoms with E-state index in [1.54, 1.807) is 18.2 Å². The fourth-order valence-corrected chi connectivity index (χ4v) is 4.08. The first-order valence-electron chi connectivity index (χ1n) is 8.19. The van der Waals surface area contributed by atoms with Crippen LogP contribution in [0.15, 0.2) is 41.3 Å². The maximum absolute atomic E-state index is 11.7. The number of nitrogens with zero attached hydrogens (tertiary/aromatic N) is 1. The number of aromatic nitrogens is 3. The van der Waals surface area contributed by atoms with Crippen molar-refractivity contribution in [3.63, 3.8) is 0 Å². The second kappa shape index (κ2) is 6.41. The molecule has 28 heavy (non-hydrogen) atoms. The van der Waals surface area contributed by atoms with Gasteiger partial charge in [0.1, 0.15) is 0 Å². The molecule has 3 N–H and O–H groups in total. The van der Waals surface area contributed by atoms with Crippen molar-refractivity contribution in [3.05, 3.63) is 56.9 Å². The largest absolute Gasteiger partial charge is 0.352 e. The zero-order valence-corrected chi connectivity index (χ0v) is 16.3. The highest BCUT2D eigenvalue weighted by atomic mass is 35.5. The number of fused-ring (bicyclic) bond motifs is 2. The number of carbonyl (C=O) groups is 2. The predicted molar refractivity (Wildman–Crippen MR) is 113 cm³/mol. The van der Waals surface area contributed by atoms with Crippen molar-refractivity contribution in [3.8, 4) is 11.5 Å². The third kappa shape index (κ3) is 2.97. The highest BCUT2D eigenvalue weighted by Gasteiger charge is 2.24. The maximum Gasteiger partial charge on any atom is 0.290 e. The van der Waals surface area contributed by atoms with Gasteiger partial charge in [-0.1, -0.05) is 29.3 Å². The quantitative estimate of drug-likeness (QED) is 0.375. The van der Waals surface area contributed by atoms with Crippen molar-refractivity contribution in [1.29, 1.82) is 0 Å². The van der Waals surface area contributed by atoms with Crippen molar-refractivity contribution in [2.75, 3.05) is 0 Å². The molecule has 2 amide bonds. The Balaban J connectivity index is 1.54. The van der Waals surface area contributed by atoms with Gasteiger partial charge in [-0.05, 0) is 53.7 Å². The molecule has 3 heterocycles. The molecule has 1 aliphatic rings. The Labute approximate surface area is 172 Å². The molecule has 0 saturated carbocycles. The first-order valence-corrected chi connectivity index (χ1v) is 9.76. The third-order valence-electron chi connectivity index (χ3n) is 4.36. The van der Waals surface area contributed by atoms with Gasteiger partial charge in [0, 0.05) is 10.9 Å². The first-order chi connectivity index (χ1) is 13.5. The number of imidazole rings is 1. The molecule has 1 fully saturated rings. The third-order valence-corrected chi connectivity index (χ3v) is 5.90. The van der Waals surface area contributed by atoms with Gasteiger partial charge in [0.05, 0.1) is 31.7 Å². The van der Waals surface area contributed by atoms with Crippen LogP contribution in [0.3, 0.4) is 0 Å². The number of aromatic amines is 2. The topological polar surface area (TPSA) is 90.6 Å². The number of thioether (sulfide) groups is 1. The van der Waals surface area contributed by atoms with E-state index < -0.39 is 0 Å². The van der Waals surface area contributed by atoms with E-state index in [1.807, 2.05) is 24.3 Å². The number of H-pyrrole nitrogens is 2. The van der Waals surface area contributed by atoms with Gasteiger partial charge in [-0.3, -0.25) is 14.9 Å². The van der Waals surface area contributed by atoms with Crippen molar-refractivity contribution < 1.29 is 9.59 Å². The summed E-state index contributed by atoms with van der Waals surface area (Å²) in [5.41, 5.74) is 4.08. The molecule has 0 bridgehead atoms. The van der Waals surface area contributed by atoms with Gasteiger partial charge in [0.15, 0.2) is 5.82 Å². The Morgan fingerprint density at radius 1 is 0.964 bits per heavy atom. The number of carbonyl (C=O) groups excluding carboxylic acids is 2. The summed E-state index contributed by atoms with van der Waals surface area (Å²) in [7, 11) is 0. The molecule has 1 aliphatic heterocycles. The van der Waals surface area contributed by atoms with Crippen LogP contribution in [-0.4, -0.2) is 26.1 Å². The maximum atomic E-state index is 11.7. The van der Waals surface area contributed by atoms with E-state index in [9.17, 15) is 9.59 Å². The number of hydrogen-bond acceptors (Lipinski definition) is 4. The molecular formula is C19H10Cl2N4O2S. The Hall–Kier alpha value is -2.74. The number of amides is 2. The van der Waals surface area contributed by atoms with Crippen LogP contribution in [0.2, 0.25) is 10.0 Å². The Kier molecular flexibility index (Phi) is 3.97. The van der Waals surface area contributed by atoms with E-state index in [1.165, 1.54) is 0 Å². The zero-order valence-electron chi connectivity index (χ0n) is 14.0. The SMILES string of the molecule is O=C1NC(=O)/C(=C\c2ccc3[nH]c(-c4nc5cc(Cl)c(Cl)cc5[nH]4)cc3c2)S1. The highest BCUT2D eigenvalue weighted by Crippen LogP contribution is 2.31. The van der Waals surface area contributed by atoms with Crippen molar-refractivity contribution in [2.45, 2.75) is 0 Å². The smallest absolute Gasteiger partial charge is 0.290 e. The second-order valence-corrected chi connectivity index (χ2v) is 8.08. The van der Waals surface area contributed by atoms with Crippen LogP contribution in [0.25, 0.3) is 39.5 Å². The van der Waals surface area contributed by atoms with E-state index in [0.29, 0.717) is 20.8 Å². The number of rotatable bonds is 2. The van der Waals surface area contributed by atoms with E-state index in [4.69, 9.17) is 23.2 Å². The molecule has 0 spiro atoms. The first kappa shape index (κ1) is 17.4. The summed E-state index contributed by atoms with van der Waals surface area (Å²) in [6, 6.07) is 11.2. The van der Waals surface area contributed by atoms with Gasteiger partial charge in [-0.25, -0.2) is 4.98 Å². The number of nitrogens with one attached hydrogen (secondary N) is 3. The Bertz CT molecular complexity index is 1300. The summed E-state index contributed by atoms with van der Waals surface area (Å²) in [6.07, 6.45) is 1.70. The van der Waals surface area contributed by atoms with Crippen LogP contribution < -0.4 is 5.32 Å². The highest BCUT2D eigenvalue weighted by molar-refractivity contribution is 8.18. The lowest BCUT2D eigenvalue weighted by atomic mass is 10.1. The molecule has 0 radical (unpaired) electrons. The van der Waals surface area contributed by atoms with Gasteiger partial charge in [0.2, 0.25) is 0 Å². The van der Waals surface area contributed by atoms with Gasteiger partial charge in [-0.2, -0.15) is 0 Å². The normalized spacial score (nSPS) is 15.9. The molecule has 0 aliphatic carbocycles. The molecule has 6 nitrogen and oxygen atoms in total. The molecule has 2 aromatic heterocycles. The van der Waals surface area contributed by atoms with Crippen LogP contribution in [-0.2, 0) is 4.79 Å². The summed E-state index contributed by atoms with van der Waals surface area (Å²) in [5, 5.41) is 3.77. The van der Waals surface area contributed by atoms with E-state index in [0.717, 1.165) is 45.0 Å². The van der Waals surface area contributed by atoms with Crippen LogP contribution in [0.4, 0.5) is 4.79 Å². The molecule has 0 unspecified atom stereocenters. The van der Waals surface area contributed by atoms with Gasteiger partial charge >= 0.3 is 0 Å². The lowest BCUT2D eigenvalue weighted by molar-refractivity contribution is -0.115. The molecule has 9 heteroatoms. The molecule has 4 aromatic rings. The standard InChI is InChI=1S/C19H10Cl2N4O2S/c20-10-6-13-14(7-11(10)21)24-17(23-13)15-5-9-3-8(1-2-12(9)22-15)4-16-18(26)25-19(27)28-16/h1-7,22H,(H,23,24)(H,25,26,27)/b16-4+. The number of halogens is 2. The van der Waals surface area contributed by atoms with Crippen molar-refractivity contribution in [2.24, 2.45) is 0 Å². The van der Waals surface area contributed by atoms with Gasteiger partial charge in [-0.15, -0.1) is 0 Å². The van der Waals surface area contributed by atoms with E-state index in [-0.39, 0.29) is 11.1 Å². The minimum atomic E-state index is -0.371. The second-order valence-electron chi connectivity index (χ2n) is 6.25. The number of benzene rings is 2. The van der Waals surface area contributed by atoms with Crippen LogP contribution in [0.5, 0.6) is 0 Å². The molecule has 138 valence electrons. The Morgan fingerprint density at radius 2 is 1.79 bits per heavy atom. The van der Waals surface area contributed by atoms with Gasteiger partial charge in [0.25, 0.3) is 11.1 Å². The van der Waals surface area contributed by atoms with Crippen LogP contribution in [0.1, 0.15) is 5.56 Å². The summed E-state index contributed by atoms with van der Waals surface area (Å²) in [6.45, 7) is 0. The summed E-state index contributed by atoms with van der Waals surface area (Å²) >= 11 is 13.0. The molecule has 2 aromatic carbocycles. The minimum absolute atomic E-state index is 0.355. The zero-order chi connectivity index (χ0) is 19.4. The molecule has 1 saturated heterocycles. The van der Waals surface area contributed by atoms with Crippen LogP contribution in [0, 0.1) is 0 Å². The fourth-order valence-electron chi connectivity index (χ4n) is 3.07. The molecular weight excluding hydrogens is 419 g/mol. The minimum Gasteiger partial charge on any atom is -0.352 e.